The highest BCUT2D eigenvalue weighted by Crippen LogP contribution is 2.37. The number of carbonyl (C=O) groups is 4. The van der Waals surface area contributed by atoms with Gasteiger partial charge in [-0.3, -0.25) is 29.4 Å². The molecule has 2 aromatic carbocycles. The van der Waals surface area contributed by atoms with E-state index in [9.17, 15) is 29.3 Å². The van der Waals surface area contributed by atoms with Crippen LogP contribution in [0.25, 0.3) is 0 Å². The van der Waals surface area contributed by atoms with Crippen LogP contribution in [0.5, 0.6) is 0 Å². The SMILES string of the molecule is Cc1ccc(NC(=O)COC(=O)c2ccc(N3C(=O)[C@H]4CC=CC[C@@H]4C3=O)cc2)cc1[N+](=O)[O-]. The Morgan fingerprint density at radius 3 is 2.26 bits per heavy atom. The van der Waals surface area contributed by atoms with Gasteiger partial charge in [-0.05, 0) is 50.1 Å². The number of benzene rings is 2. The molecule has 1 fully saturated rings. The molecule has 0 saturated carbocycles. The van der Waals surface area contributed by atoms with E-state index in [1.165, 1.54) is 42.5 Å². The molecule has 0 radical (unpaired) electrons. The summed E-state index contributed by atoms with van der Waals surface area (Å²) in [5.74, 6) is -2.63. The molecule has 0 spiro atoms. The summed E-state index contributed by atoms with van der Waals surface area (Å²) >= 11 is 0. The van der Waals surface area contributed by atoms with Crippen LogP contribution in [0.2, 0.25) is 0 Å². The average molecular weight is 463 g/mol. The van der Waals surface area contributed by atoms with E-state index in [0.717, 1.165) is 4.90 Å². The first-order chi connectivity index (χ1) is 16.3. The van der Waals surface area contributed by atoms with E-state index in [1.54, 1.807) is 6.92 Å². The van der Waals surface area contributed by atoms with Gasteiger partial charge in [0.25, 0.3) is 11.6 Å². The first-order valence-corrected chi connectivity index (χ1v) is 10.6. The van der Waals surface area contributed by atoms with Crippen molar-refractivity contribution in [2.45, 2.75) is 19.8 Å². The number of nitro benzene ring substituents is 1. The van der Waals surface area contributed by atoms with E-state index in [-0.39, 0.29) is 40.6 Å². The summed E-state index contributed by atoms with van der Waals surface area (Å²) in [6, 6.07) is 10.0. The molecule has 34 heavy (non-hydrogen) atoms. The second kappa shape index (κ2) is 9.26. The smallest absolute Gasteiger partial charge is 0.338 e. The first kappa shape index (κ1) is 22.8. The summed E-state index contributed by atoms with van der Waals surface area (Å²) in [5, 5.41) is 13.5. The lowest BCUT2D eigenvalue weighted by molar-refractivity contribution is -0.385. The lowest BCUT2D eigenvalue weighted by Crippen LogP contribution is -2.30. The number of nitrogens with one attached hydrogen (secondary N) is 1. The normalized spacial score (nSPS) is 19.0. The molecule has 4 rings (SSSR count). The van der Waals surface area contributed by atoms with Crippen molar-refractivity contribution in [2.75, 3.05) is 16.8 Å². The summed E-state index contributed by atoms with van der Waals surface area (Å²) in [6.45, 7) is 0.984. The van der Waals surface area contributed by atoms with Gasteiger partial charge in [-0.25, -0.2) is 4.79 Å². The standard InChI is InChI=1S/C24H21N3O7/c1-14-6-9-16(12-20(14)27(32)33)25-21(28)13-34-24(31)15-7-10-17(11-8-15)26-22(29)18-4-2-3-5-19(18)23(26)30/h2-3,6-12,18-19H,4-5,13H2,1H3,(H,25,28)/t18-,19-/m0/s1. The molecular formula is C24H21N3O7. The van der Waals surface area contributed by atoms with Gasteiger partial charge in [-0.2, -0.15) is 0 Å². The number of fused-ring (bicyclic) bond motifs is 1. The van der Waals surface area contributed by atoms with E-state index in [4.69, 9.17) is 4.74 Å². The number of nitro groups is 1. The number of carbonyl (C=O) groups excluding carboxylic acids is 4. The van der Waals surface area contributed by atoms with Crippen molar-refractivity contribution < 1.29 is 28.8 Å². The Morgan fingerprint density at radius 1 is 1.06 bits per heavy atom. The number of hydrogen-bond donors (Lipinski definition) is 1. The van der Waals surface area contributed by atoms with Crippen LogP contribution < -0.4 is 10.2 Å². The van der Waals surface area contributed by atoms with Gasteiger partial charge >= 0.3 is 5.97 Å². The van der Waals surface area contributed by atoms with E-state index in [2.05, 4.69) is 5.32 Å². The molecular weight excluding hydrogens is 442 g/mol. The fourth-order valence-corrected chi connectivity index (χ4v) is 4.10. The van der Waals surface area contributed by atoms with Gasteiger partial charge in [-0.15, -0.1) is 0 Å². The number of anilines is 2. The Kier molecular flexibility index (Phi) is 6.22. The molecule has 0 unspecified atom stereocenters. The largest absolute Gasteiger partial charge is 0.452 e. The van der Waals surface area contributed by atoms with E-state index in [1.807, 2.05) is 12.2 Å². The number of nitrogens with zero attached hydrogens (tertiary/aromatic N) is 2. The van der Waals surface area contributed by atoms with Gasteiger partial charge in [0.1, 0.15) is 0 Å². The van der Waals surface area contributed by atoms with Crippen LogP contribution in [0.15, 0.2) is 54.6 Å². The molecule has 0 bridgehead atoms. The lowest BCUT2D eigenvalue weighted by Gasteiger charge is -2.15. The molecule has 1 aliphatic heterocycles. The number of imide groups is 1. The minimum atomic E-state index is -0.770. The molecule has 1 N–H and O–H groups in total. The molecule has 10 heteroatoms. The molecule has 1 saturated heterocycles. The van der Waals surface area contributed by atoms with Gasteiger partial charge in [0.15, 0.2) is 6.61 Å². The second-order valence-corrected chi connectivity index (χ2v) is 8.10. The average Bonchev–Trinajstić information content (AvgIpc) is 3.09. The van der Waals surface area contributed by atoms with Crippen LogP contribution >= 0.6 is 0 Å². The maximum Gasteiger partial charge on any atom is 0.338 e. The van der Waals surface area contributed by atoms with Crippen molar-refractivity contribution in [3.05, 3.63) is 75.9 Å². The molecule has 2 atom stereocenters. The molecule has 2 aromatic rings. The quantitative estimate of drug-likeness (QED) is 0.228. The van der Waals surface area contributed by atoms with Crippen molar-refractivity contribution >= 4 is 40.8 Å². The summed E-state index contributed by atoms with van der Waals surface area (Å²) in [7, 11) is 0. The predicted octanol–water partition coefficient (Wildman–Crippen LogP) is 3.15. The highest BCUT2D eigenvalue weighted by molar-refractivity contribution is 6.22. The Bertz CT molecular complexity index is 1190. The van der Waals surface area contributed by atoms with E-state index >= 15 is 0 Å². The zero-order chi connectivity index (χ0) is 24.4. The Balaban J connectivity index is 1.35. The van der Waals surface area contributed by atoms with Gasteiger partial charge in [0, 0.05) is 17.3 Å². The molecule has 10 nitrogen and oxygen atoms in total. The van der Waals surface area contributed by atoms with Crippen molar-refractivity contribution in [1.82, 2.24) is 0 Å². The predicted molar refractivity (Wildman–Crippen MR) is 121 cm³/mol. The summed E-state index contributed by atoms with van der Waals surface area (Å²) < 4.78 is 5.01. The van der Waals surface area contributed by atoms with E-state index < -0.39 is 23.4 Å². The number of amides is 3. The van der Waals surface area contributed by atoms with Crippen molar-refractivity contribution in [3.63, 3.8) is 0 Å². The Hall–Kier alpha value is -4.34. The molecule has 0 aromatic heterocycles. The van der Waals surface area contributed by atoms with Gasteiger partial charge < -0.3 is 10.1 Å². The number of aryl methyl sites for hydroxylation is 1. The highest BCUT2D eigenvalue weighted by atomic mass is 16.6. The maximum absolute atomic E-state index is 12.7. The third kappa shape index (κ3) is 4.42. The van der Waals surface area contributed by atoms with E-state index in [0.29, 0.717) is 24.1 Å². The zero-order valence-electron chi connectivity index (χ0n) is 18.2. The molecule has 1 heterocycles. The molecule has 2 aliphatic rings. The molecule has 3 amide bonds. The van der Waals surface area contributed by atoms with Crippen LogP contribution in [-0.4, -0.2) is 35.2 Å². The maximum atomic E-state index is 12.7. The minimum Gasteiger partial charge on any atom is -0.452 e. The third-order valence-electron chi connectivity index (χ3n) is 5.89. The Morgan fingerprint density at radius 2 is 1.68 bits per heavy atom. The topological polar surface area (TPSA) is 136 Å². The summed E-state index contributed by atoms with van der Waals surface area (Å²) in [4.78, 5) is 61.4. The highest BCUT2D eigenvalue weighted by Gasteiger charge is 2.47. The molecule has 174 valence electrons. The second-order valence-electron chi connectivity index (χ2n) is 8.10. The number of rotatable bonds is 6. The van der Waals surface area contributed by atoms with Gasteiger partial charge in [0.05, 0.1) is 28.0 Å². The number of esters is 1. The number of allylic oxidation sites excluding steroid dienone is 2. The monoisotopic (exact) mass is 463 g/mol. The first-order valence-electron chi connectivity index (χ1n) is 10.6. The Labute approximate surface area is 194 Å². The summed E-state index contributed by atoms with van der Waals surface area (Å²) in [6.07, 6.45) is 4.89. The minimum absolute atomic E-state index is 0.139. The molecule has 1 aliphatic carbocycles. The fraction of sp³-hybridized carbons (Fsp3) is 0.250. The van der Waals surface area contributed by atoms with Crippen LogP contribution in [0.1, 0.15) is 28.8 Å². The lowest BCUT2D eigenvalue weighted by atomic mass is 9.85. The van der Waals surface area contributed by atoms with Gasteiger partial charge in [-0.1, -0.05) is 18.2 Å². The summed E-state index contributed by atoms with van der Waals surface area (Å²) in [5.41, 5.74) is 1.03. The van der Waals surface area contributed by atoms with Crippen molar-refractivity contribution in [1.29, 1.82) is 0 Å². The fourth-order valence-electron chi connectivity index (χ4n) is 4.10. The van der Waals surface area contributed by atoms with Gasteiger partial charge in [0.2, 0.25) is 11.8 Å². The number of ether oxygens (including phenoxy) is 1. The van der Waals surface area contributed by atoms with Crippen LogP contribution in [-0.2, 0) is 19.1 Å². The van der Waals surface area contributed by atoms with Crippen LogP contribution in [0.4, 0.5) is 17.1 Å². The third-order valence-corrected chi connectivity index (χ3v) is 5.89. The van der Waals surface area contributed by atoms with Crippen molar-refractivity contribution in [3.8, 4) is 0 Å². The van der Waals surface area contributed by atoms with Crippen molar-refractivity contribution in [2.24, 2.45) is 11.8 Å². The van der Waals surface area contributed by atoms with Crippen LogP contribution in [0, 0.1) is 28.9 Å². The number of hydrogen-bond acceptors (Lipinski definition) is 7. The van der Waals surface area contributed by atoms with Crippen LogP contribution in [0.3, 0.4) is 0 Å². The zero-order valence-corrected chi connectivity index (χ0v) is 18.2.